The molecule has 0 atom stereocenters. The molecule has 1 saturated heterocycles. The summed E-state index contributed by atoms with van der Waals surface area (Å²) in [5.74, 6) is -1.70. The van der Waals surface area contributed by atoms with Crippen molar-refractivity contribution in [2.45, 2.75) is 51.1 Å². The number of likely N-dealkylation sites (N-methyl/N-ethyl adjacent to an activating group) is 1. The van der Waals surface area contributed by atoms with Gasteiger partial charge in [0.2, 0.25) is 5.91 Å². The molecule has 7 nitrogen and oxygen atoms in total. The van der Waals surface area contributed by atoms with Gasteiger partial charge in [-0.3, -0.25) is 14.5 Å². The second-order valence-corrected chi connectivity index (χ2v) is 9.11. The molecule has 1 aromatic carbocycles. The Bertz CT molecular complexity index is 869. The zero-order valence-electron chi connectivity index (χ0n) is 19.0. The van der Waals surface area contributed by atoms with E-state index < -0.39 is 35.7 Å². The standard InChI is InChI=1S/C23H32F2N4O3/c1-4-16-7-9-23(10-8-16)21(31)29(22(32)26-23)15-20(30)28(12-11-27(2)3)14-17-5-6-18(24)13-19(17)25/h5-6,13,16H,4,7-12,14-15H2,1-3H3,(H,26,32). The molecule has 0 unspecified atom stereocenters. The molecule has 1 saturated carbocycles. The van der Waals surface area contributed by atoms with Crippen LogP contribution in [-0.4, -0.2) is 71.8 Å². The first-order chi connectivity index (χ1) is 15.1. The van der Waals surface area contributed by atoms with E-state index in [1.54, 1.807) is 0 Å². The molecule has 1 heterocycles. The van der Waals surface area contributed by atoms with E-state index in [1.807, 2.05) is 19.0 Å². The van der Waals surface area contributed by atoms with Gasteiger partial charge in [0.05, 0.1) is 0 Å². The molecule has 2 aliphatic rings. The number of amides is 4. The van der Waals surface area contributed by atoms with E-state index in [9.17, 15) is 23.2 Å². The molecule has 1 aromatic rings. The first-order valence-corrected chi connectivity index (χ1v) is 11.2. The van der Waals surface area contributed by atoms with E-state index in [2.05, 4.69) is 12.2 Å². The van der Waals surface area contributed by atoms with Gasteiger partial charge in [-0.25, -0.2) is 13.6 Å². The Kier molecular flexibility index (Phi) is 7.48. The minimum Gasteiger partial charge on any atom is -0.335 e. The number of carbonyl (C=O) groups excluding carboxylic acids is 3. The van der Waals surface area contributed by atoms with Crippen LogP contribution in [-0.2, 0) is 16.1 Å². The molecule has 176 valence electrons. The smallest absolute Gasteiger partial charge is 0.325 e. The van der Waals surface area contributed by atoms with Crippen LogP contribution >= 0.6 is 0 Å². The molecule has 1 aliphatic carbocycles. The van der Waals surface area contributed by atoms with Crippen molar-refractivity contribution in [3.05, 3.63) is 35.4 Å². The number of benzene rings is 1. The lowest BCUT2D eigenvalue weighted by molar-refractivity contribution is -0.140. The fraction of sp³-hybridized carbons (Fsp3) is 0.609. The van der Waals surface area contributed by atoms with Gasteiger partial charge < -0.3 is 15.1 Å². The van der Waals surface area contributed by atoms with E-state index in [0.717, 1.165) is 36.3 Å². The quantitative estimate of drug-likeness (QED) is 0.619. The van der Waals surface area contributed by atoms with Crippen molar-refractivity contribution in [2.24, 2.45) is 5.92 Å². The highest BCUT2D eigenvalue weighted by Crippen LogP contribution is 2.37. The van der Waals surface area contributed by atoms with Crippen molar-refractivity contribution in [3.63, 3.8) is 0 Å². The Morgan fingerprint density at radius 3 is 2.47 bits per heavy atom. The number of carbonyl (C=O) groups is 3. The molecular weight excluding hydrogens is 418 g/mol. The van der Waals surface area contributed by atoms with Crippen molar-refractivity contribution in [1.29, 1.82) is 0 Å². The van der Waals surface area contributed by atoms with Crippen molar-refractivity contribution in [2.75, 3.05) is 33.7 Å². The van der Waals surface area contributed by atoms with Gasteiger partial charge in [-0.05, 0) is 51.8 Å². The molecule has 0 bridgehead atoms. The Morgan fingerprint density at radius 2 is 1.88 bits per heavy atom. The summed E-state index contributed by atoms with van der Waals surface area (Å²) < 4.78 is 27.4. The van der Waals surface area contributed by atoms with Crippen LogP contribution in [0.1, 0.15) is 44.6 Å². The number of halogens is 2. The topological polar surface area (TPSA) is 73.0 Å². The molecule has 0 aromatic heterocycles. The summed E-state index contributed by atoms with van der Waals surface area (Å²) in [6.45, 7) is 2.42. The minimum absolute atomic E-state index is 0.0776. The highest BCUT2D eigenvalue weighted by molar-refractivity contribution is 6.09. The lowest BCUT2D eigenvalue weighted by atomic mass is 9.75. The fourth-order valence-corrected chi connectivity index (χ4v) is 4.44. The lowest BCUT2D eigenvalue weighted by Gasteiger charge is -2.34. The zero-order valence-corrected chi connectivity index (χ0v) is 19.0. The van der Waals surface area contributed by atoms with Crippen LogP contribution in [0.5, 0.6) is 0 Å². The van der Waals surface area contributed by atoms with E-state index in [0.29, 0.717) is 25.3 Å². The Balaban J connectivity index is 1.72. The Labute approximate surface area is 187 Å². The van der Waals surface area contributed by atoms with Gasteiger partial charge in [-0.2, -0.15) is 0 Å². The SMILES string of the molecule is CCC1CCC2(CC1)NC(=O)N(CC(=O)N(CCN(C)C)Cc1ccc(F)cc1F)C2=O. The zero-order chi connectivity index (χ0) is 23.5. The summed E-state index contributed by atoms with van der Waals surface area (Å²) >= 11 is 0. The Morgan fingerprint density at radius 1 is 1.19 bits per heavy atom. The monoisotopic (exact) mass is 450 g/mol. The molecule has 32 heavy (non-hydrogen) atoms. The van der Waals surface area contributed by atoms with E-state index in [-0.39, 0.29) is 24.6 Å². The molecule has 1 spiro atoms. The first-order valence-electron chi connectivity index (χ1n) is 11.2. The number of imide groups is 1. The van der Waals surface area contributed by atoms with Gasteiger partial charge >= 0.3 is 6.03 Å². The van der Waals surface area contributed by atoms with Crippen LogP contribution in [0.25, 0.3) is 0 Å². The predicted molar refractivity (Wildman–Crippen MR) is 116 cm³/mol. The van der Waals surface area contributed by atoms with Gasteiger partial charge in [-0.1, -0.05) is 19.4 Å². The number of rotatable bonds is 8. The highest BCUT2D eigenvalue weighted by Gasteiger charge is 2.52. The largest absolute Gasteiger partial charge is 0.335 e. The maximum atomic E-state index is 14.2. The van der Waals surface area contributed by atoms with Crippen LogP contribution in [0.3, 0.4) is 0 Å². The Hall–Kier alpha value is -2.55. The normalized spacial score (nSPS) is 23.2. The molecule has 3 rings (SSSR count). The summed E-state index contributed by atoms with van der Waals surface area (Å²) in [4.78, 5) is 43.1. The number of hydrogen-bond donors (Lipinski definition) is 1. The van der Waals surface area contributed by atoms with E-state index in [4.69, 9.17) is 0 Å². The third kappa shape index (κ3) is 5.26. The number of urea groups is 1. The second-order valence-electron chi connectivity index (χ2n) is 9.11. The summed E-state index contributed by atoms with van der Waals surface area (Å²) in [6, 6.07) is 2.66. The van der Waals surface area contributed by atoms with Crippen molar-refractivity contribution >= 4 is 17.8 Å². The number of hydrogen-bond acceptors (Lipinski definition) is 4. The van der Waals surface area contributed by atoms with Gasteiger partial charge in [-0.15, -0.1) is 0 Å². The molecule has 1 N–H and O–H groups in total. The van der Waals surface area contributed by atoms with Gasteiger partial charge in [0.1, 0.15) is 23.7 Å². The third-order valence-electron chi connectivity index (χ3n) is 6.62. The molecule has 1 aliphatic heterocycles. The van der Waals surface area contributed by atoms with Crippen LogP contribution in [0.15, 0.2) is 18.2 Å². The molecular formula is C23H32F2N4O3. The van der Waals surface area contributed by atoms with Crippen molar-refractivity contribution in [1.82, 2.24) is 20.0 Å². The van der Waals surface area contributed by atoms with Crippen LogP contribution in [0.2, 0.25) is 0 Å². The number of nitrogens with one attached hydrogen (secondary N) is 1. The van der Waals surface area contributed by atoms with Gasteiger partial charge in [0, 0.05) is 31.3 Å². The molecule has 0 radical (unpaired) electrons. The second kappa shape index (κ2) is 9.94. The van der Waals surface area contributed by atoms with Crippen LogP contribution in [0.4, 0.5) is 13.6 Å². The summed E-state index contributed by atoms with van der Waals surface area (Å²) in [5.41, 5.74) is -0.745. The van der Waals surface area contributed by atoms with Crippen molar-refractivity contribution < 1.29 is 23.2 Å². The fourth-order valence-electron chi connectivity index (χ4n) is 4.44. The van der Waals surface area contributed by atoms with E-state index >= 15 is 0 Å². The first kappa shape index (κ1) is 24.1. The van der Waals surface area contributed by atoms with Gasteiger partial charge in [0.15, 0.2) is 0 Å². The van der Waals surface area contributed by atoms with Gasteiger partial charge in [0.25, 0.3) is 5.91 Å². The summed E-state index contributed by atoms with van der Waals surface area (Å²) in [5, 5.41) is 2.83. The van der Waals surface area contributed by atoms with Crippen LogP contribution < -0.4 is 5.32 Å². The average Bonchev–Trinajstić information content (AvgIpc) is 2.97. The minimum atomic E-state index is -0.916. The molecule has 4 amide bonds. The highest BCUT2D eigenvalue weighted by atomic mass is 19.1. The van der Waals surface area contributed by atoms with Crippen LogP contribution in [0, 0.1) is 17.6 Å². The maximum absolute atomic E-state index is 14.2. The number of nitrogens with zero attached hydrogens (tertiary/aromatic N) is 3. The third-order valence-corrected chi connectivity index (χ3v) is 6.62. The average molecular weight is 451 g/mol. The molecule has 9 heteroatoms. The van der Waals surface area contributed by atoms with E-state index in [1.165, 1.54) is 11.0 Å². The molecule has 2 fully saturated rings. The predicted octanol–water partition coefficient (Wildman–Crippen LogP) is 2.75. The summed E-state index contributed by atoms with van der Waals surface area (Å²) in [7, 11) is 3.68. The van der Waals surface area contributed by atoms with Crippen molar-refractivity contribution in [3.8, 4) is 0 Å². The maximum Gasteiger partial charge on any atom is 0.325 e. The summed E-state index contributed by atoms with van der Waals surface area (Å²) in [6.07, 6.45) is 3.92. The lowest BCUT2D eigenvalue weighted by Crippen LogP contribution is -2.50.